The number of nitriles is 1. The van der Waals surface area contributed by atoms with Crippen LogP contribution in [0.3, 0.4) is 0 Å². The van der Waals surface area contributed by atoms with Crippen molar-refractivity contribution in [3.63, 3.8) is 0 Å². The van der Waals surface area contributed by atoms with Gasteiger partial charge in [0.05, 0.1) is 16.5 Å². The molecule has 3 rings (SSSR count). The molecule has 0 amide bonds. The standard InChI is InChI=1S/C15H19N3O2S/c1-10-2-3-11(7-16)6-15(10)21(19,20)18-8-12-4-5-14(17)13(12)9-18/h2-3,6,12-14H,4-5,8-9,17H2,1H3. The fraction of sp³-hybridized carbons (Fsp3) is 0.533. The number of nitrogens with zero attached hydrogens (tertiary/aromatic N) is 2. The van der Waals surface area contributed by atoms with Gasteiger partial charge in [0.25, 0.3) is 0 Å². The van der Waals surface area contributed by atoms with Crippen LogP contribution in [0.15, 0.2) is 23.1 Å². The highest BCUT2D eigenvalue weighted by molar-refractivity contribution is 7.89. The Hall–Kier alpha value is -1.42. The van der Waals surface area contributed by atoms with Crippen molar-refractivity contribution in [3.8, 4) is 6.07 Å². The highest BCUT2D eigenvalue weighted by Crippen LogP contribution is 2.39. The van der Waals surface area contributed by atoms with E-state index in [1.165, 1.54) is 6.07 Å². The first-order valence-corrected chi connectivity index (χ1v) is 8.64. The first kappa shape index (κ1) is 14.5. The Labute approximate surface area is 125 Å². The first-order valence-electron chi connectivity index (χ1n) is 7.20. The SMILES string of the molecule is Cc1ccc(C#N)cc1S(=O)(=O)N1CC2CCC(N)C2C1. The van der Waals surface area contributed by atoms with Crippen LogP contribution in [0, 0.1) is 30.1 Å². The normalized spacial score (nSPS) is 29.3. The molecule has 0 radical (unpaired) electrons. The lowest BCUT2D eigenvalue weighted by molar-refractivity contribution is 0.427. The fourth-order valence-corrected chi connectivity index (χ4v) is 5.33. The predicted octanol–water partition coefficient (Wildman–Crippen LogP) is 1.22. The Kier molecular flexibility index (Phi) is 3.52. The number of hydrogen-bond donors (Lipinski definition) is 1. The molecule has 3 unspecified atom stereocenters. The smallest absolute Gasteiger partial charge is 0.243 e. The van der Waals surface area contributed by atoms with Crippen molar-refractivity contribution in [1.82, 2.24) is 4.31 Å². The summed E-state index contributed by atoms with van der Waals surface area (Å²) in [6, 6.07) is 6.92. The zero-order valence-corrected chi connectivity index (χ0v) is 12.8. The second kappa shape index (κ2) is 5.09. The molecule has 0 bridgehead atoms. The number of fused-ring (bicyclic) bond motifs is 1. The van der Waals surface area contributed by atoms with Gasteiger partial charge in [-0.25, -0.2) is 8.42 Å². The van der Waals surface area contributed by atoms with E-state index in [0.717, 1.165) is 12.8 Å². The quantitative estimate of drug-likeness (QED) is 0.890. The number of benzene rings is 1. The molecule has 1 aliphatic carbocycles. The number of rotatable bonds is 2. The summed E-state index contributed by atoms with van der Waals surface area (Å²) in [7, 11) is -3.54. The Bertz CT molecular complexity index is 708. The molecule has 1 saturated carbocycles. The van der Waals surface area contributed by atoms with Crippen molar-refractivity contribution < 1.29 is 8.42 Å². The Balaban J connectivity index is 1.94. The van der Waals surface area contributed by atoms with Crippen molar-refractivity contribution in [2.45, 2.75) is 30.7 Å². The van der Waals surface area contributed by atoms with Crippen LogP contribution in [0.5, 0.6) is 0 Å². The van der Waals surface area contributed by atoms with Gasteiger partial charge in [-0.15, -0.1) is 0 Å². The monoisotopic (exact) mass is 305 g/mol. The van der Waals surface area contributed by atoms with Crippen molar-refractivity contribution in [3.05, 3.63) is 29.3 Å². The number of aryl methyl sites for hydroxylation is 1. The molecule has 2 fully saturated rings. The average Bonchev–Trinajstić information content (AvgIpc) is 3.02. The van der Waals surface area contributed by atoms with Gasteiger partial charge < -0.3 is 5.73 Å². The van der Waals surface area contributed by atoms with E-state index < -0.39 is 10.0 Å². The maximum atomic E-state index is 12.8. The van der Waals surface area contributed by atoms with Crippen molar-refractivity contribution in [2.75, 3.05) is 13.1 Å². The topological polar surface area (TPSA) is 87.2 Å². The third-order valence-electron chi connectivity index (χ3n) is 4.81. The zero-order chi connectivity index (χ0) is 15.2. The predicted molar refractivity (Wildman–Crippen MR) is 78.8 cm³/mol. The van der Waals surface area contributed by atoms with Gasteiger partial charge in [-0.05, 0) is 49.3 Å². The van der Waals surface area contributed by atoms with Gasteiger partial charge in [-0.2, -0.15) is 9.57 Å². The summed E-state index contributed by atoms with van der Waals surface area (Å²) >= 11 is 0. The molecular formula is C15H19N3O2S. The Morgan fingerprint density at radius 3 is 2.76 bits per heavy atom. The third kappa shape index (κ3) is 2.35. The van der Waals surface area contributed by atoms with Crippen LogP contribution < -0.4 is 5.73 Å². The van der Waals surface area contributed by atoms with Crippen LogP contribution in [0.4, 0.5) is 0 Å². The molecule has 1 aromatic carbocycles. The second-order valence-corrected chi connectivity index (χ2v) is 7.99. The lowest BCUT2D eigenvalue weighted by Gasteiger charge is -2.20. The van der Waals surface area contributed by atoms with Crippen LogP contribution in [-0.4, -0.2) is 31.9 Å². The van der Waals surface area contributed by atoms with E-state index in [0.29, 0.717) is 30.1 Å². The van der Waals surface area contributed by atoms with E-state index in [1.54, 1.807) is 23.4 Å². The highest BCUT2D eigenvalue weighted by atomic mass is 32.2. The van der Waals surface area contributed by atoms with Crippen LogP contribution in [-0.2, 0) is 10.0 Å². The van der Waals surface area contributed by atoms with E-state index in [1.807, 2.05) is 6.07 Å². The molecule has 112 valence electrons. The minimum absolute atomic E-state index is 0.113. The van der Waals surface area contributed by atoms with E-state index in [4.69, 9.17) is 11.0 Å². The number of sulfonamides is 1. The summed E-state index contributed by atoms with van der Waals surface area (Å²) in [4.78, 5) is 0.245. The average molecular weight is 305 g/mol. The summed E-state index contributed by atoms with van der Waals surface area (Å²) in [6.07, 6.45) is 2.00. The van der Waals surface area contributed by atoms with Crippen molar-refractivity contribution in [2.24, 2.45) is 17.6 Å². The summed E-state index contributed by atoms with van der Waals surface area (Å²) in [5.74, 6) is 0.661. The van der Waals surface area contributed by atoms with Crippen molar-refractivity contribution >= 4 is 10.0 Å². The molecule has 0 aromatic heterocycles. The van der Waals surface area contributed by atoms with Crippen LogP contribution in [0.25, 0.3) is 0 Å². The van der Waals surface area contributed by atoms with Gasteiger partial charge in [0.15, 0.2) is 0 Å². The summed E-state index contributed by atoms with van der Waals surface area (Å²) in [6.45, 7) is 2.82. The van der Waals surface area contributed by atoms with Crippen LogP contribution in [0.1, 0.15) is 24.0 Å². The first-order chi connectivity index (χ1) is 9.93. The van der Waals surface area contributed by atoms with Gasteiger partial charge >= 0.3 is 0 Å². The molecule has 1 aliphatic heterocycles. The van der Waals surface area contributed by atoms with E-state index in [-0.39, 0.29) is 16.9 Å². The molecule has 1 saturated heterocycles. The molecule has 21 heavy (non-hydrogen) atoms. The fourth-order valence-electron chi connectivity index (χ4n) is 3.55. The van der Waals surface area contributed by atoms with E-state index in [2.05, 4.69) is 0 Å². The van der Waals surface area contributed by atoms with Gasteiger partial charge in [0, 0.05) is 19.1 Å². The maximum absolute atomic E-state index is 12.8. The van der Waals surface area contributed by atoms with E-state index >= 15 is 0 Å². The molecule has 2 aliphatic rings. The molecule has 0 spiro atoms. The molecule has 1 aromatic rings. The molecule has 2 N–H and O–H groups in total. The number of nitrogens with two attached hydrogens (primary N) is 1. The second-order valence-electron chi connectivity index (χ2n) is 6.08. The van der Waals surface area contributed by atoms with Crippen LogP contribution >= 0.6 is 0 Å². The maximum Gasteiger partial charge on any atom is 0.243 e. The van der Waals surface area contributed by atoms with Gasteiger partial charge in [0.1, 0.15) is 0 Å². The molecule has 5 nitrogen and oxygen atoms in total. The largest absolute Gasteiger partial charge is 0.327 e. The van der Waals surface area contributed by atoms with Gasteiger partial charge in [-0.3, -0.25) is 0 Å². The molecule has 6 heteroatoms. The van der Waals surface area contributed by atoms with Gasteiger partial charge in [-0.1, -0.05) is 6.07 Å². The van der Waals surface area contributed by atoms with Crippen LogP contribution in [0.2, 0.25) is 0 Å². The number of hydrogen-bond acceptors (Lipinski definition) is 4. The molecule has 3 atom stereocenters. The molecule has 1 heterocycles. The summed E-state index contributed by atoms with van der Waals surface area (Å²) in [5, 5.41) is 8.98. The minimum Gasteiger partial charge on any atom is -0.327 e. The lowest BCUT2D eigenvalue weighted by Crippen LogP contribution is -2.33. The van der Waals surface area contributed by atoms with Gasteiger partial charge in [0.2, 0.25) is 10.0 Å². The highest BCUT2D eigenvalue weighted by Gasteiger charge is 2.45. The summed E-state index contributed by atoms with van der Waals surface area (Å²) < 4.78 is 27.2. The minimum atomic E-state index is -3.54. The zero-order valence-electron chi connectivity index (χ0n) is 12.0. The molecular weight excluding hydrogens is 286 g/mol. The Morgan fingerprint density at radius 1 is 1.33 bits per heavy atom. The lowest BCUT2D eigenvalue weighted by atomic mass is 9.98. The van der Waals surface area contributed by atoms with E-state index in [9.17, 15) is 8.42 Å². The van der Waals surface area contributed by atoms with Crippen molar-refractivity contribution in [1.29, 1.82) is 5.26 Å². The third-order valence-corrected chi connectivity index (χ3v) is 6.79. The Morgan fingerprint density at radius 2 is 2.10 bits per heavy atom. The summed E-state index contributed by atoms with van der Waals surface area (Å²) in [5.41, 5.74) is 7.12.